The molecule has 5 nitrogen and oxygen atoms in total. The summed E-state index contributed by atoms with van der Waals surface area (Å²) in [5.41, 5.74) is 3.80. The number of benzene rings is 2. The third kappa shape index (κ3) is 4.23. The molecular weight excluding hydrogens is 326 g/mol. The average Bonchev–Trinajstić information content (AvgIpc) is 2.66. The molecule has 0 bridgehead atoms. The SMILES string of the molecule is CC(C)C(=O)N1CCCc2ccc(NC(=O)NCc3ccccc3)cc21. The molecule has 0 aromatic heterocycles. The molecule has 2 aromatic rings. The van der Waals surface area contributed by atoms with Gasteiger partial charge >= 0.3 is 6.03 Å². The zero-order chi connectivity index (χ0) is 18.5. The van der Waals surface area contributed by atoms with E-state index in [0.29, 0.717) is 12.2 Å². The van der Waals surface area contributed by atoms with Crippen LogP contribution in [0.15, 0.2) is 48.5 Å². The molecule has 0 spiro atoms. The first kappa shape index (κ1) is 18.0. The van der Waals surface area contributed by atoms with Crippen LogP contribution in [0.4, 0.5) is 16.2 Å². The van der Waals surface area contributed by atoms with Crippen LogP contribution in [0.25, 0.3) is 0 Å². The van der Waals surface area contributed by atoms with E-state index >= 15 is 0 Å². The summed E-state index contributed by atoms with van der Waals surface area (Å²) in [6, 6.07) is 15.3. The van der Waals surface area contributed by atoms with Crippen molar-refractivity contribution in [3.63, 3.8) is 0 Å². The smallest absolute Gasteiger partial charge is 0.319 e. The van der Waals surface area contributed by atoms with E-state index in [1.165, 1.54) is 0 Å². The average molecular weight is 351 g/mol. The highest BCUT2D eigenvalue weighted by atomic mass is 16.2. The van der Waals surface area contributed by atoms with Crippen LogP contribution in [0.3, 0.4) is 0 Å². The lowest BCUT2D eigenvalue weighted by Crippen LogP contribution is -2.38. The van der Waals surface area contributed by atoms with Gasteiger partial charge in [-0.15, -0.1) is 0 Å². The van der Waals surface area contributed by atoms with Crippen LogP contribution in [0, 0.1) is 5.92 Å². The fourth-order valence-electron chi connectivity index (χ4n) is 3.15. The summed E-state index contributed by atoms with van der Waals surface area (Å²) in [6.45, 7) is 5.02. The number of rotatable bonds is 4. The molecule has 0 fully saturated rings. The van der Waals surface area contributed by atoms with Gasteiger partial charge in [0.05, 0.1) is 0 Å². The van der Waals surface area contributed by atoms with E-state index in [0.717, 1.165) is 36.2 Å². The highest BCUT2D eigenvalue weighted by molar-refractivity contribution is 5.97. The number of carbonyl (C=O) groups excluding carboxylic acids is 2. The Hall–Kier alpha value is -2.82. The van der Waals surface area contributed by atoms with Gasteiger partial charge in [-0.1, -0.05) is 50.2 Å². The number of urea groups is 1. The molecule has 1 aliphatic rings. The lowest BCUT2D eigenvalue weighted by molar-refractivity contribution is -0.121. The number of aryl methyl sites for hydroxylation is 1. The first-order valence-corrected chi connectivity index (χ1v) is 9.07. The van der Waals surface area contributed by atoms with Crippen molar-refractivity contribution in [1.82, 2.24) is 5.32 Å². The summed E-state index contributed by atoms with van der Waals surface area (Å²) in [5, 5.41) is 5.71. The Bertz CT molecular complexity index is 787. The number of fused-ring (bicyclic) bond motifs is 1. The molecular formula is C21H25N3O2. The molecule has 0 saturated heterocycles. The minimum Gasteiger partial charge on any atom is -0.334 e. The van der Waals surface area contributed by atoms with Crippen molar-refractivity contribution in [2.45, 2.75) is 33.2 Å². The molecule has 0 unspecified atom stereocenters. The fraction of sp³-hybridized carbons (Fsp3) is 0.333. The number of nitrogens with zero attached hydrogens (tertiary/aromatic N) is 1. The summed E-state index contributed by atoms with van der Waals surface area (Å²) in [5.74, 6) is 0.0726. The van der Waals surface area contributed by atoms with Gasteiger partial charge in [0.15, 0.2) is 0 Å². The molecule has 3 rings (SSSR count). The molecule has 1 heterocycles. The van der Waals surface area contributed by atoms with E-state index in [-0.39, 0.29) is 17.9 Å². The van der Waals surface area contributed by atoms with Crippen LogP contribution in [-0.4, -0.2) is 18.5 Å². The summed E-state index contributed by atoms with van der Waals surface area (Å²) < 4.78 is 0. The molecule has 0 aliphatic carbocycles. The number of amides is 3. The summed E-state index contributed by atoms with van der Waals surface area (Å²) in [4.78, 5) is 26.5. The maximum Gasteiger partial charge on any atom is 0.319 e. The third-order valence-corrected chi connectivity index (χ3v) is 4.52. The first-order valence-electron chi connectivity index (χ1n) is 9.07. The quantitative estimate of drug-likeness (QED) is 0.876. The van der Waals surface area contributed by atoms with Gasteiger partial charge in [-0.2, -0.15) is 0 Å². The molecule has 0 atom stereocenters. The maximum atomic E-state index is 12.5. The van der Waals surface area contributed by atoms with Gasteiger partial charge in [0.25, 0.3) is 0 Å². The molecule has 26 heavy (non-hydrogen) atoms. The highest BCUT2D eigenvalue weighted by Gasteiger charge is 2.24. The summed E-state index contributed by atoms with van der Waals surface area (Å²) in [7, 11) is 0. The molecule has 1 aliphatic heterocycles. The number of nitrogens with one attached hydrogen (secondary N) is 2. The Labute approximate surface area is 154 Å². The van der Waals surface area contributed by atoms with Gasteiger partial charge in [-0.3, -0.25) is 4.79 Å². The molecule has 2 aromatic carbocycles. The number of anilines is 2. The topological polar surface area (TPSA) is 61.4 Å². The minimum absolute atomic E-state index is 0.0493. The molecule has 2 N–H and O–H groups in total. The van der Waals surface area contributed by atoms with E-state index in [1.807, 2.05) is 67.3 Å². The van der Waals surface area contributed by atoms with Gasteiger partial charge in [-0.25, -0.2) is 4.79 Å². The lowest BCUT2D eigenvalue weighted by atomic mass is 9.99. The van der Waals surface area contributed by atoms with Crippen LogP contribution in [-0.2, 0) is 17.8 Å². The van der Waals surface area contributed by atoms with E-state index in [9.17, 15) is 9.59 Å². The van der Waals surface area contributed by atoms with Gasteiger partial charge < -0.3 is 15.5 Å². The zero-order valence-electron chi connectivity index (χ0n) is 15.3. The predicted octanol–water partition coefficient (Wildman–Crippen LogP) is 3.94. The van der Waals surface area contributed by atoms with Crippen LogP contribution >= 0.6 is 0 Å². The van der Waals surface area contributed by atoms with Crippen molar-refractivity contribution >= 4 is 23.3 Å². The number of carbonyl (C=O) groups is 2. The highest BCUT2D eigenvalue weighted by Crippen LogP contribution is 2.31. The predicted molar refractivity (Wildman–Crippen MR) is 104 cm³/mol. The fourth-order valence-corrected chi connectivity index (χ4v) is 3.15. The normalized spacial score (nSPS) is 13.3. The van der Waals surface area contributed by atoms with E-state index in [4.69, 9.17) is 0 Å². The van der Waals surface area contributed by atoms with Crippen molar-refractivity contribution in [1.29, 1.82) is 0 Å². The van der Waals surface area contributed by atoms with Crippen molar-refractivity contribution in [2.24, 2.45) is 5.92 Å². The maximum absolute atomic E-state index is 12.5. The monoisotopic (exact) mass is 351 g/mol. The van der Waals surface area contributed by atoms with Crippen LogP contribution in [0.5, 0.6) is 0 Å². The second kappa shape index (κ2) is 8.04. The second-order valence-electron chi connectivity index (χ2n) is 6.88. The van der Waals surface area contributed by atoms with Gasteiger partial charge in [-0.05, 0) is 36.1 Å². The van der Waals surface area contributed by atoms with Gasteiger partial charge in [0, 0.05) is 30.4 Å². The number of hydrogen-bond acceptors (Lipinski definition) is 2. The third-order valence-electron chi connectivity index (χ3n) is 4.52. The van der Waals surface area contributed by atoms with Crippen LogP contribution in [0.2, 0.25) is 0 Å². The van der Waals surface area contributed by atoms with Crippen LogP contribution < -0.4 is 15.5 Å². The first-order chi connectivity index (χ1) is 12.5. The van der Waals surface area contributed by atoms with Gasteiger partial charge in [0.1, 0.15) is 0 Å². The van der Waals surface area contributed by atoms with Crippen molar-refractivity contribution in [2.75, 3.05) is 16.8 Å². The van der Waals surface area contributed by atoms with E-state index in [1.54, 1.807) is 0 Å². The largest absolute Gasteiger partial charge is 0.334 e. The van der Waals surface area contributed by atoms with Gasteiger partial charge in [0.2, 0.25) is 5.91 Å². The summed E-state index contributed by atoms with van der Waals surface area (Å²) >= 11 is 0. The summed E-state index contributed by atoms with van der Waals surface area (Å²) in [6.07, 6.45) is 1.92. The number of hydrogen-bond donors (Lipinski definition) is 2. The Morgan fingerprint density at radius 2 is 1.88 bits per heavy atom. The standard InChI is InChI=1S/C21H25N3O2/c1-15(2)20(25)24-12-6-9-17-10-11-18(13-19(17)24)23-21(26)22-14-16-7-4-3-5-8-16/h3-5,7-8,10-11,13,15H,6,9,12,14H2,1-2H3,(H2,22,23,26). The molecule has 0 radical (unpaired) electrons. The Kier molecular flexibility index (Phi) is 5.56. The molecule has 136 valence electrons. The second-order valence-corrected chi connectivity index (χ2v) is 6.88. The van der Waals surface area contributed by atoms with Crippen molar-refractivity contribution in [3.8, 4) is 0 Å². The molecule has 5 heteroatoms. The zero-order valence-corrected chi connectivity index (χ0v) is 15.3. The Balaban J connectivity index is 1.68. The molecule has 0 saturated carbocycles. The van der Waals surface area contributed by atoms with Crippen molar-refractivity contribution in [3.05, 3.63) is 59.7 Å². The minimum atomic E-state index is -0.258. The van der Waals surface area contributed by atoms with Crippen molar-refractivity contribution < 1.29 is 9.59 Å². The van der Waals surface area contributed by atoms with E-state index < -0.39 is 0 Å². The van der Waals surface area contributed by atoms with Crippen LogP contribution in [0.1, 0.15) is 31.4 Å². The lowest BCUT2D eigenvalue weighted by Gasteiger charge is -2.31. The molecule has 3 amide bonds. The Morgan fingerprint density at radius 3 is 2.62 bits per heavy atom. The Morgan fingerprint density at radius 1 is 1.12 bits per heavy atom. The van der Waals surface area contributed by atoms with E-state index in [2.05, 4.69) is 10.6 Å².